The van der Waals surface area contributed by atoms with Crippen molar-refractivity contribution in [1.82, 2.24) is 4.90 Å². The van der Waals surface area contributed by atoms with Crippen molar-refractivity contribution >= 4 is 28.6 Å². The summed E-state index contributed by atoms with van der Waals surface area (Å²) < 4.78 is 0. The fourth-order valence-electron chi connectivity index (χ4n) is 2.01. The number of hydrogen-bond acceptors (Lipinski definition) is 6. The van der Waals surface area contributed by atoms with E-state index in [0.29, 0.717) is 17.7 Å². The molecular formula is C14H15N3O4S. The summed E-state index contributed by atoms with van der Waals surface area (Å²) in [4.78, 5) is 35.3. The third-order valence-corrected chi connectivity index (χ3v) is 4.09. The van der Waals surface area contributed by atoms with Gasteiger partial charge in [0.2, 0.25) is 0 Å². The number of imide groups is 1. The smallest absolute Gasteiger partial charge is 0.293 e. The Morgan fingerprint density at radius 1 is 1.27 bits per heavy atom. The van der Waals surface area contributed by atoms with Gasteiger partial charge in [0.1, 0.15) is 0 Å². The Morgan fingerprint density at radius 3 is 2.55 bits per heavy atom. The molecule has 0 atom stereocenters. The number of hydrogen-bond donors (Lipinski definition) is 1. The fourth-order valence-corrected chi connectivity index (χ4v) is 2.89. The van der Waals surface area contributed by atoms with Gasteiger partial charge in [-0.05, 0) is 30.2 Å². The quantitative estimate of drug-likeness (QED) is 0.488. The predicted molar refractivity (Wildman–Crippen MR) is 83.3 cm³/mol. The minimum Gasteiger partial charge on any atom is -0.329 e. The molecule has 7 nitrogen and oxygen atoms in total. The van der Waals surface area contributed by atoms with Crippen LogP contribution in [0.25, 0.3) is 0 Å². The third-order valence-electron chi connectivity index (χ3n) is 3.14. The van der Waals surface area contributed by atoms with Gasteiger partial charge < -0.3 is 5.73 Å². The van der Waals surface area contributed by atoms with E-state index in [1.807, 2.05) is 0 Å². The van der Waals surface area contributed by atoms with Crippen LogP contribution in [0, 0.1) is 10.1 Å². The van der Waals surface area contributed by atoms with Crippen molar-refractivity contribution in [3.05, 3.63) is 50.9 Å². The van der Waals surface area contributed by atoms with E-state index in [1.54, 1.807) is 18.2 Å². The molecule has 0 saturated carbocycles. The third kappa shape index (κ3) is 3.71. The summed E-state index contributed by atoms with van der Waals surface area (Å²) in [5.74, 6) is -0.302. The number of carbonyl (C=O) groups is 2. The van der Waals surface area contributed by atoms with E-state index >= 15 is 0 Å². The molecule has 1 fully saturated rings. The Bertz CT molecular complexity index is 627. The van der Waals surface area contributed by atoms with E-state index < -0.39 is 4.92 Å². The maximum atomic E-state index is 12.0. The van der Waals surface area contributed by atoms with Gasteiger partial charge >= 0.3 is 0 Å². The second-order valence-corrected chi connectivity index (χ2v) is 5.64. The van der Waals surface area contributed by atoms with Crippen LogP contribution in [0.3, 0.4) is 0 Å². The Morgan fingerprint density at radius 2 is 1.95 bits per heavy atom. The number of thioether (sulfide) groups is 1. The first-order valence-electron chi connectivity index (χ1n) is 6.70. The van der Waals surface area contributed by atoms with Crippen molar-refractivity contribution in [3.8, 4) is 0 Å². The molecule has 1 saturated heterocycles. The van der Waals surface area contributed by atoms with Gasteiger partial charge in [-0.2, -0.15) is 0 Å². The zero-order valence-electron chi connectivity index (χ0n) is 11.7. The van der Waals surface area contributed by atoms with E-state index in [9.17, 15) is 19.7 Å². The van der Waals surface area contributed by atoms with Gasteiger partial charge in [-0.25, -0.2) is 0 Å². The number of non-ortho nitro benzene ring substituents is 1. The number of nitro groups is 1. The van der Waals surface area contributed by atoms with Crippen LogP contribution in [0.15, 0.2) is 35.2 Å². The number of nitrogens with zero attached hydrogens (tertiary/aromatic N) is 2. The van der Waals surface area contributed by atoms with Crippen LogP contribution in [0.5, 0.6) is 0 Å². The van der Waals surface area contributed by atoms with Crippen LogP contribution in [0.4, 0.5) is 10.5 Å². The SMILES string of the molecule is NCCN1C(=O)S/C(=C\CCc2ccc([N+](=O)[O-])cc2)C1=O. The molecule has 1 aromatic carbocycles. The van der Waals surface area contributed by atoms with Crippen LogP contribution >= 0.6 is 11.8 Å². The molecule has 2 N–H and O–H groups in total. The lowest BCUT2D eigenvalue weighted by molar-refractivity contribution is -0.384. The average molecular weight is 321 g/mol. The van der Waals surface area contributed by atoms with Crippen LogP contribution in [0.1, 0.15) is 12.0 Å². The van der Waals surface area contributed by atoms with E-state index in [-0.39, 0.29) is 29.9 Å². The van der Waals surface area contributed by atoms with E-state index in [4.69, 9.17) is 5.73 Å². The van der Waals surface area contributed by atoms with Crippen LogP contribution in [-0.4, -0.2) is 34.1 Å². The Labute approximate surface area is 131 Å². The number of carbonyl (C=O) groups excluding carboxylic acids is 2. The van der Waals surface area contributed by atoms with E-state index in [2.05, 4.69) is 0 Å². The lowest BCUT2D eigenvalue weighted by Gasteiger charge is -2.09. The van der Waals surface area contributed by atoms with Gasteiger partial charge in [0.25, 0.3) is 16.8 Å². The van der Waals surface area contributed by atoms with Gasteiger partial charge in [0.15, 0.2) is 0 Å². The standard InChI is InChI=1S/C14H15N3O4S/c15-8-9-16-13(18)12(22-14(16)19)3-1-2-10-4-6-11(7-5-10)17(20)21/h3-7H,1-2,8-9,15H2/b12-3-. The minimum absolute atomic E-state index is 0.0478. The molecule has 0 aliphatic carbocycles. The first-order valence-corrected chi connectivity index (χ1v) is 7.52. The lowest BCUT2D eigenvalue weighted by Crippen LogP contribution is -2.33. The highest BCUT2D eigenvalue weighted by molar-refractivity contribution is 8.18. The normalized spacial score (nSPS) is 16.6. The molecule has 8 heteroatoms. The summed E-state index contributed by atoms with van der Waals surface area (Å²) in [7, 11) is 0. The van der Waals surface area contributed by atoms with Crippen molar-refractivity contribution in [2.24, 2.45) is 5.73 Å². The molecule has 1 aliphatic rings. The molecular weight excluding hydrogens is 306 g/mol. The zero-order chi connectivity index (χ0) is 16.1. The van der Waals surface area contributed by atoms with Gasteiger partial charge in [-0.1, -0.05) is 18.2 Å². The van der Waals surface area contributed by atoms with Crippen molar-refractivity contribution in [2.45, 2.75) is 12.8 Å². The molecule has 0 bridgehead atoms. The molecule has 1 heterocycles. The number of benzene rings is 1. The maximum Gasteiger partial charge on any atom is 0.293 e. The van der Waals surface area contributed by atoms with Gasteiger partial charge in [0.05, 0.1) is 9.83 Å². The summed E-state index contributed by atoms with van der Waals surface area (Å²) >= 11 is 0.917. The highest BCUT2D eigenvalue weighted by Gasteiger charge is 2.33. The predicted octanol–water partition coefficient (Wildman–Crippen LogP) is 2.07. The Kier molecular flexibility index (Phi) is 5.29. The molecule has 116 valence electrons. The minimum atomic E-state index is -0.447. The molecule has 1 aromatic rings. The molecule has 2 rings (SSSR count). The van der Waals surface area contributed by atoms with Crippen molar-refractivity contribution in [3.63, 3.8) is 0 Å². The summed E-state index contributed by atoms with van der Waals surface area (Å²) in [5, 5.41) is 10.3. The fraction of sp³-hybridized carbons (Fsp3) is 0.286. The molecule has 22 heavy (non-hydrogen) atoms. The van der Waals surface area contributed by atoms with Crippen molar-refractivity contribution < 1.29 is 14.5 Å². The molecule has 1 aliphatic heterocycles. The molecule has 2 amide bonds. The summed E-state index contributed by atoms with van der Waals surface area (Å²) in [6, 6.07) is 6.27. The highest BCUT2D eigenvalue weighted by atomic mass is 32.2. The van der Waals surface area contributed by atoms with Crippen molar-refractivity contribution in [1.29, 1.82) is 0 Å². The second-order valence-electron chi connectivity index (χ2n) is 4.64. The number of nitro benzene ring substituents is 1. The van der Waals surface area contributed by atoms with Crippen molar-refractivity contribution in [2.75, 3.05) is 13.1 Å². The average Bonchev–Trinajstić information content (AvgIpc) is 2.76. The van der Waals surface area contributed by atoms with Gasteiger partial charge in [-0.3, -0.25) is 24.6 Å². The molecule has 0 aromatic heterocycles. The molecule has 0 spiro atoms. The van der Waals surface area contributed by atoms with Gasteiger partial charge in [0, 0.05) is 25.2 Å². The molecule has 0 radical (unpaired) electrons. The second kappa shape index (κ2) is 7.19. The first kappa shape index (κ1) is 16.2. The Balaban J connectivity index is 1.94. The first-order chi connectivity index (χ1) is 10.5. The van der Waals surface area contributed by atoms with Crippen LogP contribution < -0.4 is 5.73 Å². The number of aryl methyl sites for hydroxylation is 1. The largest absolute Gasteiger partial charge is 0.329 e. The number of allylic oxidation sites excluding steroid dienone is 1. The summed E-state index contributed by atoms with van der Waals surface area (Å²) in [6.45, 7) is 0.471. The van der Waals surface area contributed by atoms with Crippen LogP contribution in [-0.2, 0) is 11.2 Å². The van der Waals surface area contributed by atoms with E-state index in [0.717, 1.165) is 22.2 Å². The topological polar surface area (TPSA) is 107 Å². The lowest BCUT2D eigenvalue weighted by atomic mass is 10.1. The number of nitrogens with two attached hydrogens (primary N) is 1. The maximum absolute atomic E-state index is 12.0. The number of amides is 2. The summed E-state index contributed by atoms with van der Waals surface area (Å²) in [6.07, 6.45) is 2.94. The number of rotatable bonds is 6. The van der Waals surface area contributed by atoms with E-state index in [1.165, 1.54) is 12.1 Å². The van der Waals surface area contributed by atoms with Crippen LogP contribution in [0.2, 0.25) is 0 Å². The Hall–Kier alpha value is -2.19. The monoisotopic (exact) mass is 321 g/mol. The van der Waals surface area contributed by atoms with Gasteiger partial charge in [-0.15, -0.1) is 0 Å². The highest BCUT2D eigenvalue weighted by Crippen LogP contribution is 2.30. The summed E-state index contributed by atoms with van der Waals surface area (Å²) in [5.41, 5.74) is 6.35. The molecule has 0 unspecified atom stereocenters. The zero-order valence-corrected chi connectivity index (χ0v) is 12.5.